The quantitative estimate of drug-likeness (QED) is 0.692. The molecule has 1 aliphatic heterocycles. The summed E-state index contributed by atoms with van der Waals surface area (Å²) in [5.74, 6) is -1.21. The summed E-state index contributed by atoms with van der Waals surface area (Å²) < 4.78 is 57.9. The molecular weight excluding hydrogens is 260 g/mol. The minimum Gasteiger partial charge on any atom is -0.373 e. The predicted octanol–water partition coefficient (Wildman–Crippen LogP) is 4.35. The summed E-state index contributed by atoms with van der Waals surface area (Å²) in [5.41, 5.74) is -0.852. The second-order valence-corrected chi connectivity index (χ2v) is 4.70. The molecule has 0 aliphatic carbocycles. The van der Waals surface area contributed by atoms with E-state index in [1.54, 1.807) is 6.08 Å². The molecule has 0 radical (unpaired) electrons. The summed E-state index contributed by atoms with van der Waals surface area (Å²) in [5, 5.41) is 0. The number of aryl methyl sites for hydroxylation is 1. The molecule has 2 rings (SSSR count). The number of hydrogen-bond acceptors (Lipinski definition) is 1. The summed E-state index contributed by atoms with van der Waals surface area (Å²) in [7, 11) is 0. The maximum absolute atomic E-state index is 14.1. The number of benzene rings is 1. The van der Waals surface area contributed by atoms with Crippen molar-refractivity contribution in [1.82, 2.24) is 0 Å². The van der Waals surface area contributed by atoms with Gasteiger partial charge in [0.1, 0.15) is 5.82 Å². The molecule has 0 fully saturated rings. The van der Waals surface area contributed by atoms with E-state index >= 15 is 0 Å². The van der Waals surface area contributed by atoms with Crippen molar-refractivity contribution >= 4 is 5.57 Å². The second kappa shape index (κ2) is 4.96. The average molecular weight is 274 g/mol. The Morgan fingerprint density at radius 2 is 1.95 bits per heavy atom. The Hall–Kier alpha value is -1.36. The highest BCUT2D eigenvalue weighted by Crippen LogP contribution is 2.37. The largest absolute Gasteiger partial charge is 0.419 e. The van der Waals surface area contributed by atoms with E-state index in [0.29, 0.717) is 12.0 Å². The van der Waals surface area contributed by atoms with Crippen LogP contribution in [0.3, 0.4) is 0 Å². The maximum atomic E-state index is 14.1. The summed E-state index contributed by atoms with van der Waals surface area (Å²) in [4.78, 5) is 0. The lowest BCUT2D eigenvalue weighted by Gasteiger charge is -2.21. The number of rotatable bonds is 1. The van der Waals surface area contributed by atoms with Crippen LogP contribution in [0.4, 0.5) is 17.6 Å². The standard InChI is InChI=1S/C14H14F4O/c1-8-3-6-11(10-5-4-9(2)19-7-10)13(15)12(8)14(16,17)18/h3,5-6,9H,4,7H2,1-2H3. The van der Waals surface area contributed by atoms with Gasteiger partial charge in [0.05, 0.1) is 18.3 Å². The molecule has 5 heteroatoms. The lowest BCUT2D eigenvalue weighted by molar-refractivity contribution is -0.140. The highest BCUT2D eigenvalue weighted by atomic mass is 19.4. The highest BCUT2D eigenvalue weighted by molar-refractivity contribution is 5.68. The molecule has 0 amide bonds. The van der Waals surface area contributed by atoms with Gasteiger partial charge in [0.2, 0.25) is 0 Å². The van der Waals surface area contributed by atoms with E-state index in [1.807, 2.05) is 6.92 Å². The zero-order chi connectivity index (χ0) is 14.2. The molecular formula is C14H14F4O. The molecule has 0 spiro atoms. The smallest absolute Gasteiger partial charge is 0.373 e. The van der Waals surface area contributed by atoms with Gasteiger partial charge in [-0.25, -0.2) is 4.39 Å². The summed E-state index contributed by atoms with van der Waals surface area (Å²) >= 11 is 0. The van der Waals surface area contributed by atoms with E-state index < -0.39 is 17.6 Å². The van der Waals surface area contributed by atoms with E-state index in [4.69, 9.17) is 4.74 Å². The first kappa shape index (κ1) is 14.1. The maximum Gasteiger partial charge on any atom is 0.419 e. The average Bonchev–Trinajstić information content (AvgIpc) is 2.29. The minimum absolute atomic E-state index is 0.0133. The van der Waals surface area contributed by atoms with Crippen LogP contribution in [0.25, 0.3) is 5.57 Å². The Morgan fingerprint density at radius 1 is 1.26 bits per heavy atom. The Bertz CT molecular complexity index is 517. The van der Waals surface area contributed by atoms with E-state index in [9.17, 15) is 17.6 Å². The van der Waals surface area contributed by atoms with Crippen LogP contribution in [0, 0.1) is 12.7 Å². The van der Waals surface area contributed by atoms with Crippen molar-refractivity contribution < 1.29 is 22.3 Å². The summed E-state index contributed by atoms with van der Waals surface area (Å²) in [6.07, 6.45) is -2.36. The molecule has 1 nitrogen and oxygen atoms in total. The van der Waals surface area contributed by atoms with Crippen molar-refractivity contribution in [3.8, 4) is 0 Å². The molecule has 104 valence electrons. The van der Waals surface area contributed by atoms with Gasteiger partial charge >= 0.3 is 6.18 Å². The molecule has 0 aromatic heterocycles. The van der Waals surface area contributed by atoms with Crippen LogP contribution >= 0.6 is 0 Å². The fourth-order valence-corrected chi connectivity index (χ4v) is 2.12. The molecule has 0 saturated carbocycles. The van der Waals surface area contributed by atoms with Gasteiger partial charge in [-0.3, -0.25) is 0 Å². The zero-order valence-electron chi connectivity index (χ0n) is 10.6. The van der Waals surface area contributed by atoms with Gasteiger partial charge in [0.15, 0.2) is 0 Å². The van der Waals surface area contributed by atoms with E-state index in [2.05, 4.69) is 0 Å². The van der Waals surface area contributed by atoms with Gasteiger partial charge < -0.3 is 4.74 Å². The van der Waals surface area contributed by atoms with Gasteiger partial charge in [-0.05, 0) is 31.4 Å². The first-order chi connectivity index (χ1) is 8.80. The predicted molar refractivity (Wildman–Crippen MR) is 64.1 cm³/mol. The third kappa shape index (κ3) is 2.81. The molecule has 1 aromatic rings. The van der Waals surface area contributed by atoms with Crippen molar-refractivity contribution in [3.63, 3.8) is 0 Å². The van der Waals surface area contributed by atoms with E-state index in [0.717, 1.165) is 0 Å². The van der Waals surface area contributed by atoms with Gasteiger partial charge in [-0.2, -0.15) is 13.2 Å². The summed E-state index contributed by atoms with van der Waals surface area (Å²) in [6, 6.07) is 2.67. The lowest BCUT2D eigenvalue weighted by Crippen LogP contribution is -2.17. The normalized spacial score (nSPS) is 20.3. The third-order valence-corrected chi connectivity index (χ3v) is 3.20. The number of halogens is 4. The SMILES string of the molecule is Cc1ccc(C2=CCC(C)OC2)c(F)c1C(F)(F)F. The Kier molecular flexibility index (Phi) is 3.67. The van der Waals surface area contributed by atoms with Gasteiger partial charge in [-0.1, -0.05) is 18.2 Å². The fourth-order valence-electron chi connectivity index (χ4n) is 2.12. The van der Waals surface area contributed by atoms with Crippen molar-refractivity contribution in [1.29, 1.82) is 0 Å². The second-order valence-electron chi connectivity index (χ2n) is 4.70. The van der Waals surface area contributed by atoms with Crippen LogP contribution in [0.2, 0.25) is 0 Å². The van der Waals surface area contributed by atoms with Crippen LogP contribution in [0.1, 0.15) is 30.0 Å². The van der Waals surface area contributed by atoms with Crippen LogP contribution in [-0.2, 0) is 10.9 Å². The van der Waals surface area contributed by atoms with Crippen LogP contribution in [-0.4, -0.2) is 12.7 Å². The third-order valence-electron chi connectivity index (χ3n) is 3.20. The van der Waals surface area contributed by atoms with Gasteiger partial charge in [0, 0.05) is 5.56 Å². The number of alkyl halides is 3. The highest BCUT2D eigenvalue weighted by Gasteiger charge is 2.37. The Balaban J connectivity index is 2.49. The van der Waals surface area contributed by atoms with Crippen LogP contribution < -0.4 is 0 Å². The molecule has 1 unspecified atom stereocenters. The first-order valence-corrected chi connectivity index (χ1v) is 5.98. The van der Waals surface area contributed by atoms with Crippen molar-refractivity contribution in [2.45, 2.75) is 32.5 Å². The fraction of sp³-hybridized carbons (Fsp3) is 0.429. The van der Waals surface area contributed by atoms with Crippen LogP contribution in [0.5, 0.6) is 0 Å². The molecule has 0 N–H and O–H groups in total. The zero-order valence-corrected chi connectivity index (χ0v) is 10.6. The molecule has 1 atom stereocenters. The van der Waals surface area contributed by atoms with Crippen LogP contribution in [0.15, 0.2) is 18.2 Å². The Morgan fingerprint density at radius 3 is 2.47 bits per heavy atom. The minimum atomic E-state index is -4.69. The number of hydrogen-bond donors (Lipinski definition) is 0. The van der Waals surface area contributed by atoms with Crippen molar-refractivity contribution in [2.24, 2.45) is 0 Å². The van der Waals surface area contributed by atoms with Gasteiger partial charge in [-0.15, -0.1) is 0 Å². The monoisotopic (exact) mass is 274 g/mol. The van der Waals surface area contributed by atoms with Gasteiger partial charge in [0.25, 0.3) is 0 Å². The number of ether oxygens (including phenoxy) is 1. The van der Waals surface area contributed by atoms with E-state index in [-0.39, 0.29) is 23.8 Å². The lowest BCUT2D eigenvalue weighted by atomic mass is 9.96. The Labute approximate surface area is 108 Å². The summed E-state index contributed by atoms with van der Waals surface area (Å²) in [6.45, 7) is 3.25. The van der Waals surface area contributed by atoms with E-state index in [1.165, 1.54) is 19.1 Å². The molecule has 1 aliphatic rings. The molecule has 0 bridgehead atoms. The first-order valence-electron chi connectivity index (χ1n) is 5.98. The topological polar surface area (TPSA) is 9.23 Å². The molecule has 0 saturated heterocycles. The molecule has 19 heavy (non-hydrogen) atoms. The van der Waals surface area contributed by atoms with Crippen molar-refractivity contribution in [3.05, 3.63) is 40.7 Å². The molecule has 1 heterocycles. The van der Waals surface area contributed by atoms with Crippen molar-refractivity contribution in [2.75, 3.05) is 6.61 Å². The molecule has 1 aromatic carbocycles.